The lowest BCUT2D eigenvalue weighted by molar-refractivity contribution is -0.118. The van der Waals surface area contributed by atoms with Gasteiger partial charge in [-0.3, -0.25) is 4.79 Å². The molecule has 1 aliphatic rings. The Bertz CT molecular complexity index is 1060. The van der Waals surface area contributed by atoms with E-state index >= 15 is 0 Å². The number of rotatable bonds is 5. The standard InChI is InChI=1S/C23H24N2O4.ClH/c1-3-28-23(27)20-13-15-12-16(8-9-19(15)29-20)25-22(26)21-18(10-11-24-21)17-7-5-4-6-14(17)2;/h4-9,12-13,18,21,24H,3,10-11H2,1-2H3,(H,25,26);1H/t18-,21+;/m0./s1. The summed E-state index contributed by atoms with van der Waals surface area (Å²) in [4.78, 5) is 24.8. The molecule has 0 saturated carbocycles. The molecule has 6 nitrogen and oxygen atoms in total. The van der Waals surface area contributed by atoms with E-state index in [1.165, 1.54) is 11.1 Å². The fraction of sp³-hybridized carbons (Fsp3) is 0.304. The molecule has 1 saturated heterocycles. The Balaban J connectivity index is 0.00000256. The zero-order chi connectivity index (χ0) is 20.4. The lowest BCUT2D eigenvalue weighted by Gasteiger charge is -2.21. The van der Waals surface area contributed by atoms with Crippen molar-refractivity contribution >= 4 is 40.9 Å². The SMILES string of the molecule is CCOC(=O)c1cc2cc(NC(=O)[C@@H]3NCC[C@H]3c3ccccc3C)ccc2o1.Cl. The predicted molar refractivity (Wildman–Crippen MR) is 118 cm³/mol. The zero-order valence-electron chi connectivity index (χ0n) is 16.9. The fourth-order valence-electron chi connectivity index (χ4n) is 3.96. The van der Waals surface area contributed by atoms with Crippen LogP contribution in [0.1, 0.15) is 40.9 Å². The van der Waals surface area contributed by atoms with Crippen LogP contribution < -0.4 is 10.6 Å². The minimum atomic E-state index is -0.495. The van der Waals surface area contributed by atoms with Crippen LogP contribution in [0.3, 0.4) is 0 Å². The third-order valence-electron chi connectivity index (χ3n) is 5.35. The molecule has 2 aromatic carbocycles. The Kier molecular flexibility index (Phi) is 6.80. The van der Waals surface area contributed by atoms with E-state index in [9.17, 15) is 9.59 Å². The quantitative estimate of drug-likeness (QED) is 0.588. The van der Waals surface area contributed by atoms with Crippen LogP contribution in [0.15, 0.2) is 52.9 Å². The molecule has 2 heterocycles. The van der Waals surface area contributed by atoms with Crippen LogP contribution in [0.5, 0.6) is 0 Å². The van der Waals surface area contributed by atoms with E-state index in [0.29, 0.717) is 11.3 Å². The Morgan fingerprint density at radius 3 is 2.77 bits per heavy atom. The largest absolute Gasteiger partial charge is 0.460 e. The summed E-state index contributed by atoms with van der Waals surface area (Å²) in [6.45, 7) is 4.92. The highest BCUT2D eigenvalue weighted by Gasteiger charge is 2.34. The second-order valence-electron chi connectivity index (χ2n) is 7.26. The van der Waals surface area contributed by atoms with Crippen molar-refractivity contribution in [3.05, 3.63) is 65.4 Å². The van der Waals surface area contributed by atoms with Crippen molar-refractivity contribution in [2.75, 3.05) is 18.5 Å². The number of esters is 1. The van der Waals surface area contributed by atoms with E-state index < -0.39 is 5.97 Å². The van der Waals surface area contributed by atoms with Gasteiger partial charge in [-0.25, -0.2) is 4.79 Å². The monoisotopic (exact) mass is 428 g/mol. The number of hydrogen-bond donors (Lipinski definition) is 2. The van der Waals surface area contributed by atoms with Crippen LogP contribution in [0.4, 0.5) is 5.69 Å². The molecular formula is C23H25ClN2O4. The van der Waals surface area contributed by atoms with E-state index in [1.54, 1.807) is 31.2 Å². The number of benzene rings is 2. The van der Waals surface area contributed by atoms with Gasteiger partial charge in [0.2, 0.25) is 11.7 Å². The first-order valence-corrected chi connectivity index (χ1v) is 9.87. The summed E-state index contributed by atoms with van der Waals surface area (Å²) >= 11 is 0. The van der Waals surface area contributed by atoms with Crippen molar-refractivity contribution in [2.45, 2.75) is 32.2 Å². The number of amides is 1. The van der Waals surface area contributed by atoms with E-state index in [4.69, 9.17) is 9.15 Å². The Morgan fingerprint density at radius 2 is 2.00 bits per heavy atom. The van der Waals surface area contributed by atoms with Crippen LogP contribution in [0.25, 0.3) is 11.0 Å². The van der Waals surface area contributed by atoms with Gasteiger partial charge >= 0.3 is 5.97 Å². The number of carbonyl (C=O) groups excluding carboxylic acids is 2. The molecule has 1 aliphatic heterocycles. The molecule has 2 atom stereocenters. The van der Waals surface area contributed by atoms with Gasteiger partial charge in [-0.05, 0) is 62.2 Å². The van der Waals surface area contributed by atoms with Gasteiger partial charge in [0.25, 0.3) is 0 Å². The summed E-state index contributed by atoms with van der Waals surface area (Å²) < 4.78 is 10.5. The molecule has 4 rings (SSSR count). The maximum absolute atomic E-state index is 13.0. The number of anilines is 1. The van der Waals surface area contributed by atoms with E-state index in [0.717, 1.165) is 18.4 Å². The summed E-state index contributed by atoms with van der Waals surface area (Å²) in [5.41, 5.74) is 3.64. The van der Waals surface area contributed by atoms with Crippen molar-refractivity contribution in [3.63, 3.8) is 0 Å². The van der Waals surface area contributed by atoms with Crippen LogP contribution in [-0.4, -0.2) is 31.1 Å². The van der Waals surface area contributed by atoms with Crippen LogP contribution in [0.2, 0.25) is 0 Å². The first-order chi connectivity index (χ1) is 14.1. The molecule has 1 fully saturated rings. The number of furan rings is 1. The first kappa shape index (κ1) is 21.9. The number of ether oxygens (including phenoxy) is 1. The van der Waals surface area contributed by atoms with Gasteiger partial charge in [0.05, 0.1) is 12.6 Å². The van der Waals surface area contributed by atoms with Gasteiger partial charge in [0.15, 0.2) is 0 Å². The zero-order valence-corrected chi connectivity index (χ0v) is 17.8. The fourth-order valence-corrected chi connectivity index (χ4v) is 3.96. The minimum absolute atomic E-state index is 0. The molecule has 1 amide bonds. The van der Waals surface area contributed by atoms with Gasteiger partial charge in [-0.1, -0.05) is 24.3 Å². The molecule has 7 heteroatoms. The first-order valence-electron chi connectivity index (χ1n) is 9.87. The summed E-state index contributed by atoms with van der Waals surface area (Å²) in [6.07, 6.45) is 0.923. The van der Waals surface area contributed by atoms with Gasteiger partial charge in [0, 0.05) is 17.0 Å². The highest BCUT2D eigenvalue weighted by atomic mass is 35.5. The predicted octanol–water partition coefficient (Wildman–Crippen LogP) is 4.42. The molecule has 0 radical (unpaired) electrons. The second-order valence-corrected chi connectivity index (χ2v) is 7.26. The van der Waals surface area contributed by atoms with Crippen molar-refractivity contribution in [2.24, 2.45) is 0 Å². The lowest BCUT2D eigenvalue weighted by Crippen LogP contribution is -2.39. The Morgan fingerprint density at radius 1 is 1.20 bits per heavy atom. The van der Waals surface area contributed by atoms with E-state index in [2.05, 4.69) is 29.7 Å². The average Bonchev–Trinajstić information content (AvgIpc) is 3.35. The maximum atomic E-state index is 13.0. The molecular weight excluding hydrogens is 404 g/mol. The third-order valence-corrected chi connectivity index (χ3v) is 5.35. The Hall–Kier alpha value is -2.83. The molecule has 158 valence electrons. The highest BCUT2D eigenvalue weighted by Crippen LogP contribution is 2.31. The van der Waals surface area contributed by atoms with Gasteiger partial charge in [0.1, 0.15) is 5.58 Å². The van der Waals surface area contributed by atoms with Crippen LogP contribution in [0, 0.1) is 6.92 Å². The van der Waals surface area contributed by atoms with E-state index in [1.807, 2.05) is 12.1 Å². The molecule has 0 unspecified atom stereocenters. The van der Waals surface area contributed by atoms with Gasteiger partial charge < -0.3 is 19.8 Å². The number of fused-ring (bicyclic) bond motifs is 1. The summed E-state index contributed by atoms with van der Waals surface area (Å²) in [7, 11) is 0. The third kappa shape index (κ3) is 4.35. The van der Waals surface area contributed by atoms with E-state index in [-0.39, 0.29) is 42.6 Å². The molecule has 30 heavy (non-hydrogen) atoms. The van der Waals surface area contributed by atoms with Crippen molar-refractivity contribution < 1.29 is 18.7 Å². The maximum Gasteiger partial charge on any atom is 0.374 e. The topological polar surface area (TPSA) is 80.6 Å². The highest BCUT2D eigenvalue weighted by molar-refractivity contribution is 5.98. The number of halogens is 1. The molecule has 0 spiro atoms. The molecule has 2 N–H and O–H groups in total. The normalized spacial score (nSPS) is 18.1. The summed E-state index contributed by atoms with van der Waals surface area (Å²) in [5, 5.41) is 7.07. The smallest absolute Gasteiger partial charge is 0.374 e. The molecule has 3 aromatic rings. The summed E-state index contributed by atoms with van der Waals surface area (Å²) in [5.74, 6) is -0.263. The van der Waals surface area contributed by atoms with Crippen molar-refractivity contribution in [3.8, 4) is 0 Å². The number of aryl methyl sites for hydroxylation is 1. The van der Waals surface area contributed by atoms with Gasteiger partial charge in [-0.15, -0.1) is 12.4 Å². The summed E-state index contributed by atoms with van der Waals surface area (Å²) in [6, 6.07) is 14.9. The Labute approximate surface area is 181 Å². The minimum Gasteiger partial charge on any atom is -0.460 e. The number of hydrogen-bond acceptors (Lipinski definition) is 5. The number of carbonyl (C=O) groups is 2. The van der Waals surface area contributed by atoms with Gasteiger partial charge in [-0.2, -0.15) is 0 Å². The molecule has 0 bridgehead atoms. The number of nitrogens with one attached hydrogen (secondary N) is 2. The lowest BCUT2D eigenvalue weighted by atomic mass is 9.88. The second kappa shape index (κ2) is 9.32. The average molecular weight is 429 g/mol. The van der Waals surface area contributed by atoms with Crippen molar-refractivity contribution in [1.29, 1.82) is 0 Å². The van der Waals surface area contributed by atoms with Crippen LogP contribution in [-0.2, 0) is 9.53 Å². The van der Waals surface area contributed by atoms with Crippen molar-refractivity contribution in [1.82, 2.24) is 5.32 Å². The molecule has 1 aromatic heterocycles. The van der Waals surface area contributed by atoms with Crippen LogP contribution >= 0.6 is 12.4 Å². The molecule has 0 aliphatic carbocycles.